The van der Waals surface area contributed by atoms with E-state index in [1.807, 2.05) is 27.8 Å². The summed E-state index contributed by atoms with van der Waals surface area (Å²) in [6.45, 7) is 7.44. The number of carbonyl (C=O) groups is 3. The van der Waals surface area contributed by atoms with Crippen LogP contribution in [0.3, 0.4) is 0 Å². The van der Waals surface area contributed by atoms with Crippen molar-refractivity contribution < 1.29 is 19.1 Å². The van der Waals surface area contributed by atoms with E-state index < -0.39 is 12.1 Å². The number of nitrogens with one attached hydrogen (secondary N) is 1. The first-order valence-corrected chi connectivity index (χ1v) is 13.0. The van der Waals surface area contributed by atoms with Crippen LogP contribution < -0.4 is 5.32 Å². The van der Waals surface area contributed by atoms with Crippen molar-refractivity contribution in [2.75, 3.05) is 7.05 Å². The standard InChI is InChI=1S/C25H35N5O4S/c1-6-18(12-22-26-10-7-11-27-22)28-23(32)19-14-35-24(29-19)21(34-16(4)31)13-20(15(2)3)30(5)25(33)17-8-9-17/h7,10-11,14-15,17-18,20-21H,6,8-9,12-13H2,1-5H3,(H,28,32)/t18-,20?,21-/m1/s1. The molecule has 3 atom stereocenters. The fourth-order valence-corrected chi connectivity index (χ4v) is 4.87. The smallest absolute Gasteiger partial charge is 0.303 e. The third-order valence-electron chi connectivity index (χ3n) is 6.21. The molecule has 0 radical (unpaired) electrons. The van der Waals surface area contributed by atoms with Crippen molar-refractivity contribution in [1.82, 2.24) is 25.2 Å². The summed E-state index contributed by atoms with van der Waals surface area (Å²) >= 11 is 1.28. The molecule has 1 saturated carbocycles. The number of rotatable bonds is 12. The topological polar surface area (TPSA) is 114 Å². The van der Waals surface area contributed by atoms with Crippen molar-refractivity contribution in [1.29, 1.82) is 0 Å². The minimum Gasteiger partial charge on any atom is -0.455 e. The van der Waals surface area contributed by atoms with Crippen LogP contribution in [0.15, 0.2) is 23.8 Å². The van der Waals surface area contributed by atoms with Gasteiger partial charge in [-0.2, -0.15) is 0 Å². The second kappa shape index (κ2) is 12.2. The van der Waals surface area contributed by atoms with Gasteiger partial charge in [0, 0.05) is 62.6 Å². The summed E-state index contributed by atoms with van der Waals surface area (Å²) < 4.78 is 5.62. The zero-order valence-electron chi connectivity index (χ0n) is 21.1. The number of aromatic nitrogens is 3. The number of amides is 2. The number of ether oxygens (including phenoxy) is 1. The van der Waals surface area contributed by atoms with E-state index in [9.17, 15) is 14.4 Å². The Bertz CT molecular complexity index is 1010. The van der Waals surface area contributed by atoms with Crippen molar-refractivity contribution in [3.63, 3.8) is 0 Å². The molecule has 2 aromatic rings. The second-order valence-corrected chi connectivity index (χ2v) is 10.3. The van der Waals surface area contributed by atoms with E-state index >= 15 is 0 Å². The number of thiazole rings is 1. The monoisotopic (exact) mass is 501 g/mol. The van der Waals surface area contributed by atoms with Crippen LogP contribution in [0.1, 0.15) is 80.8 Å². The molecule has 10 heteroatoms. The van der Waals surface area contributed by atoms with Crippen LogP contribution >= 0.6 is 11.3 Å². The molecule has 0 aliphatic heterocycles. The average molecular weight is 502 g/mol. The predicted molar refractivity (Wildman–Crippen MR) is 133 cm³/mol. The average Bonchev–Trinajstić information content (AvgIpc) is 3.56. The Labute approximate surface area is 210 Å². The van der Waals surface area contributed by atoms with E-state index in [4.69, 9.17) is 4.74 Å². The molecule has 0 bridgehead atoms. The van der Waals surface area contributed by atoms with Crippen molar-refractivity contribution in [2.24, 2.45) is 11.8 Å². The summed E-state index contributed by atoms with van der Waals surface area (Å²) in [5.41, 5.74) is 0.276. The maximum atomic E-state index is 12.9. The molecular formula is C25H35N5O4S. The van der Waals surface area contributed by atoms with Gasteiger partial charge in [-0.15, -0.1) is 11.3 Å². The van der Waals surface area contributed by atoms with Crippen LogP contribution in [0.4, 0.5) is 0 Å². The molecule has 3 rings (SSSR count). The molecule has 2 amide bonds. The molecule has 190 valence electrons. The zero-order chi connectivity index (χ0) is 25.5. The molecule has 1 N–H and O–H groups in total. The van der Waals surface area contributed by atoms with E-state index in [0.717, 1.165) is 12.8 Å². The van der Waals surface area contributed by atoms with Crippen molar-refractivity contribution in [3.05, 3.63) is 40.4 Å². The molecule has 0 saturated heterocycles. The van der Waals surface area contributed by atoms with E-state index in [1.165, 1.54) is 18.3 Å². The molecule has 0 spiro atoms. The minimum absolute atomic E-state index is 0.108. The van der Waals surface area contributed by atoms with Gasteiger partial charge in [0.2, 0.25) is 5.91 Å². The van der Waals surface area contributed by atoms with Crippen LogP contribution in [-0.4, -0.2) is 56.8 Å². The van der Waals surface area contributed by atoms with Crippen LogP contribution in [-0.2, 0) is 20.7 Å². The van der Waals surface area contributed by atoms with Crippen molar-refractivity contribution in [3.8, 4) is 0 Å². The van der Waals surface area contributed by atoms with Gasteiger partial charge in [-0.05, 0) is 31.2 Å². The number of hydrogen-bond acceptors (Lipinski definition) is 8. The third kappa shape index (κ3) is 7.55. The summed E-state index contributed by atoms with van der Waals surface area (Å²) in [6, 6.07) is 1.50. The first-order valence-electron chi connectivity index (χ1n) is 12.2. The van der Waals surface area contributed by atoms with Crippen LogP contribution in [0, 0.1) is 11.8 Å². The highest BCUT2D eigenvalue weighted by Gasteiger charge is 2.37. The van der Waals surface area contributed by atoms with E-state index in [0.29, 0.717) is 30.1 Å². The summed E-state index contributed by atoms with van der Waals surface area (Å²) in [5.74, 6) is 0.350. The summed E-state index contributed by atoms with van der Waals surface area (Å²) in [7, 11) is 1.82. The molecule has 1 fully saturated rings. The van der Waals surface area contributed by atoms with Gasteiger partial charge in [0.15, 0.2) is 6.10 Å². The first kappa shape index (κ1) is 26.7. The Hall–Kier alpha value is -2.88. The molecular weight excluding hydrogens is 466 g/mol. The zero-order valence-corrected chi connectivity index (χ0v) is 21.9. The Morgan fingerprint density at radius 1 is 1.23 bits per heavy atom. The lowest BCUT2D eigenvalue weighted by atomic mass is 9.96. The SMILES string of the molecule is CC[C@H](Cc1ncccn1)NC(=O)c1csc([C@@H](CC(C(C)C)N(C)C(=O)C2CC2)OC(C)=O)n1. The van der Waals surface area contributed by atoms with Gasteiger partial charge < -0.3 is 15.0 Å². The van der Waals surface area contributed by atoms with Crippen molar-refractivity contribution >= 4 is 29.1 Å². The highest BCUT2D eigenvalue weighted by Crippen LogP contribution is 2.35. The number of hydrogen-bond donors (Lipinski definition) is 1. The molecule has 0 aromatic carbocycles. The molecule has 9 nitrogen and oxygen atoms in total. The van der Waals surface area contributed by atoms with E-state index in [1.54, 1.807) is 28.7 Å². The van der Waals surface area contributed by atoms with Crippen LogP contribution in [0.2, 0.25) is 0 Å². The van der Waals surface area contributed by atoms with Gasteiger partial charge in [-0.3, -0.25) is 14.4 Å². The van der Waals surface area contributed by atoms with E-state index in [2.05, 4.69) is 20.3 Å². The molecule has 1 unspecified atom stereocenters. The lowest BCUT2D eigenvalue weighted by Gasteiger charge is -2.33. The fourth-order valence-electron chi connectivity index (χ4n) is 4.03. The summed E-state index contributed by atoms with van der Waals surface area (Å²) in [4.78, 5) is 52.2. The highest BCUT2D eigenvalue weighted by atomic mass is 32.1. The molecule has 2 heterocycles. The predicted octanol–water partition coefficient (Wildman–Crippen LogP) is 3.57. The molecule has 35 heavy (non-hydrogen) atoms. The highest BCUT2D eigenvalue weighted by molar-refractivity contribution is 7.09. The third-order valence-corrected chi connectivity index (χ3v) is 7.15. The van der Waals surface area contributed by atoms with Crippen LogP contribution in [0.25, 0.3) is 0 Å². The Morgan fingerprint density at radius 3 is 2.49 bits per heavy atom. The maximum Gasteiger partial charge on any atom is 0.303 e. The Morgan fingerprint density at radius 2 is 1.91 bits per heavy atom. The molecule has 2 aromatic heterocycles. The first-order chi connectivity index (χ1) is 16.7. The van der Waals surface area contributed by atoms with Gasteiger partial charge in [-0.25, -0.2) is 15.0 Å². The van der Waals surface area contributed by atoms with Gasteiger partial charge in [0.05, 0.1) is 0 Å². The Kier molecular flexibility index (Phi) is 9.31. The number of esters is 1. The quantitative estimate of drug-likeness (QED) is 0.442. The van der Waals surface area contributed by atoms with Gasteiger partial charge in [0.1, 0.15) is 16.5 Å². The minimum atomic E-state index is -0.638. The molecule has 1 aliphatic carbocycles. The van der Waals surface area contributed by atoms with Gasteiger partial charge in [-0.1, -0.05) is 20.8 Å². The van der Waals surface area contributed by atoms with Gasteiger partial charge in [0.25, 0.3) is 5.91 Å². The number of carbonyl (C=O) groups excluding carboxylic acids is 3. The summed E-state index contributed by atoms with van der Waals surface area (Å²) in [6.07, 6.45) is 6.24. The Balaban J connectivity index is 1.71. The largest absolute Gasteiger partial charge is 0.455 e. The van der Waals surface area contributed by atoms with Gasteiger partial charge >= 0.3 is 5.97 Å². The number of nitrogens with zero attached hydrogens (tertiary/aromatic N) is 4. The lowest BCUT2D eigenvalue weighted by Crippen LogP contribution is -2.42. The fraction of sp³-hybridized carbons (Fsp3) is 0.600. The lowest BCUT2D eigenvalue weighted by molar-refractivity contribution is -0.148. The van der Waals surface area contributed by atoms with E-state index in [-0.39, 0.29) is 41.4 Å². The van der Waals surface area contributed by atoms with Crippen LogP contribution in [0.5, 0.6) is 0 Å². The molecule has 1 aliphatic rings. The summed E-state index contributed by atoms with van der Waals surface area (Å²) in [5, 5.41) is 5.22. The maximum absolute atomic E-state index is 12.9. The second-order valence-electron chi connectivity index (χ2n) is 9.39. The normalized spacial score (nSPS) is 15.8. The van der Waals surface area contributed by atoms with Crippen molar-refractivity contribution in [2.45, 2.75) is 78.0 Å².